The minimum Gasteiger partial charge on any atom is -0.312 e. The second-order valence-electron chi connectivity index (χ2n) is 5.72. The standard InChI is InChI=1S/C16H26N2/c1-13-7-4-5-10-15(13)16(17-2)12-18(3)11-14-8-6-9-14/h4-5,7,10,14,16-17H,6,8-9,11-12H2,1-3H3. The molecule has 100 valence electrons. The van der Waals surface area contributed by atoms with Gasteiger partial charge in [-0.2, -0.15) is 0 Å². The zero-order valence-corrected chi connectivity index (χ0v) is 11.9. The van der Waals surface area contributed by atoms with E-state index in [9.17, 15) is 0 Å². The first kappa shape index (κ1) is 13.6. The molecule has 0 radical (unpaired) electrons. The van der Waals surface area contributed by atoms with Gasteiger partial charge in [-0.25, -0.2) is 0 Å². The molecule has 18 heavy (non-hydrogen) atoms. The Morgan fingerprint density at radius 3 is 2.61 bits per heavy atom. The van der Waals surface area contributed by atoms with Crippen molar-refractivity contribution in [1.29, 1.82) is 0 Å². The molecule has 0 amide bonds. The predicted octanol–water partition coefficient (Wildman–Crippen LogP) is 2.99. The smallest absolute Gasteiger partial charge is 0.0449 e. The highest BCUT2D eigenvalue weighted by atomic mass is 15.1. The monoisotopic (exact) mass is 246 g/mol. The van der Waals surface area contributed by atoms with E-state index in [1.165, 1.54) is 36.9 Å². The van der Waals surface area contributed by atoms with E-state index in [0.29, 0.717) is 6.04 Å². The van der Waals surface area contributed by atoms with Crippen LogP contribution >= 0.6 is 0 Å². The summed E-state index contributed by atoms with van der Waals surface area (Å²) >= 11 is 0. The van der Waals surface area contributed by atoms with Crippen LogP contribution in [0, 0.1) is 12.8 Å². The maximum absolute atomic E-state index is 3.46. The normalized spacial score (nSPS) is 17.8. The SMILES string of the molecule is CNC(CN(C)CC1CCC1)c1ccccc1C. The average Bonchev–Trinajstić information content (AvgIpc) is 2.32. The lowest BCUT2D eigenvalue weighted by molar-refractivity contribution is 0.193. The lowest BCUT2D eigenvalue weighted by Gasteiger charge is -2.32. The van der Waals surface area contributed by atoms with Crippen LogP contribution in [0.1, 0.15) is 36.4 Å². The van der Waals surface area contributed by atoms with E-state index in [2.05, 4.69) is 55.5 Å². The van der Waals surface area contributed by atoms with Crippen molar-refractivity contribution in [1.82, 2.24) is 10.2 Å². The number of rotatable bonds is 6. The van der Waals surface area contributed by atoms with Crippen molar-refractivity contribution in [3.63, 3.8) is 0 Å². The van der Waals surface area contributed by atoms with Crippen molar-refractivity contribution in [2.24, 2.45) is 5.92 Å². The van der Waals surface area contributed by atoms with Crippen molar-refractivity contribution < 1.29 is 0 Å². The maximum Gasteiger partial charge on any atom is 0.0449 e. The average molecular weight is 246 g/mol. The fourth-order valence-corrected chi connectivity index (χ4v) is 2.83. The summed E-state index contributed by atoms with van der Waals surface area (Å²) < 4.78 is 0. The van der Waals surface area contributed by atoms with E-state index < -0.39 is 0 Å². The molecule has 0 aromatic heterocycles. The third-order valence-corrected chi connectivity index (χ3v) is 4.20. The van der Waals surface area contributed by atoms with Crippen LogP contribution in [-0.4, -0.2) is 32.1 Å². The molecule has 1 unspecified atom stereocenters. The Bertz CT molecular complexity index is 371. The molecule has 2 nitrogen and oxygen atoms in total. The van der Waals surface area contributed by atoms with Gasteiger partial charge >= 0.3 is 0 Å². The van der Waals surface area contributed by atoms with Crippen molar-refractivity contribution in [2.45, 2.75) is 32.2 Å². The zero-order chi connectivity index (χ0) is 13.0. The van der Waals surface area contributed by atoms with E-state index >= 15 is 0 Å². The summed E-state index contributed by atoms with van der Waals surface area (Å²) in [5.74, 6) is 0.948. The number of likely N-dealkylation sites (N-methyl/N-ethyl adjacent to an activating group) is 2. The van der Waals surface area contributed by atoms with Crippen molar-refractivity contribution >= 4 is 0 Å². The van der Waals surface area contributed by atoms with Crippen molar-refractivity contribution in [3.8, 4) is 0 Å². The second-order valence-corrected chi connectivity index (χ2v) is 5.72. The first-order valence-corrected chi connectivity index (χ1v) is 7.12. The molecule has 0 bridgehead atoms. The minimum absolute atomic E-state index is 0.441. The number of hydrogen-bond acceptors (Lipinski definition) is 2. The van der Waals surface area contributed by atoms with Gasteiger partial charge in [-0.3, -0.25) is 0 Å². The van der Waals surface area contributed by atoms with Crippen LogP contribution in [0.15, 0.2) is 24.3 Å². The topological polar surface area (TPSA) is 15.3 Å². The summed E-state index contributed by atoms with van der Waals surface area (Å²) in [6, 6.07) is 9.14. The summed E-state index contributed by atoms with van der Waals surface area (Å²) in [5, 5.41) is 3.46. The Kier molecular flexibility index (Phi) is 4.79. The molecule has 1 aliphatic rings. The van der Waals surface area contributed by atoms with Crippen LogP contribution in [-0.2, 0) is 0 Å². The number of hydrogen-bond donors (Lipinski definition) is 1. The van der Waals surface area contributed by atoms with Crippen LogP contribution < -0.4 is 5.32 Å². The molecule has 1 fully saturated rings. The molecule has 1 atom stereocenters. The Hall–Kier alpha value is -0.860. The highest BCUT2D eigenvalue weighted by molar-refractivity contribution is 5.28. The van der Waals surface area contributed by atoms with Crippen LogP contribution in [0.5, 0.6) is 0 Å². The molecule has 1 aromatic rings. The molecule has 2 rings (SSSR count). The predicted molar refractivity (Wildman–Crippen MR) is 77.8 cm³/mol. The summed E-state index contributed by atoms with van der Waals surface area (Å²) in [5.41, 5.74) is 2.81. The van der Waals surface area contributed by atoms with Gasteiger partial charge in [0.15, 0.2) is 0 Å². The van der Waals surface area contributed by atoms with Gasteiger partial charge in [0.05, 0.1) is 0 Å². The molecule has 0 saturated heterocycles. The second kappa shape index (κ2) is 6.35. The molecule has 1 aromatic carbocycles. The van der Waals surface area contributed by atoms with Gasteiger partial charge in [0, 0.05) is 19.1 Å². The molecule has 0 spiro atoms. The van der Waals surface area contributed by atoms with E-state index in [1.807, 2.05) is 0 Å². The molecule has 1 N–H and O–H groups in total. The molecular formula is C16H26N2. The van der Waals surface area contributed by atoms with Gasteiger partial charge in [0.2, 0.25) is 0 Å². The van der Waals surface area contributed by atoms with Gasteiger partial charge in [-0.1, -0.05) is 30.7 Å². The number of nitrogens with one attached hydrogen (secondary N) is 1. The van der Waals surface area contributed by atoms with E-state index in [0.717, 1.165) is 12.5 Å². The van der Waals surface area contributed by atoms with E-state index in [4.69, 9.17) is 0 Å². The largest absolute Gasteiger partial charge is 0.312 e. The van der Waals surface area contributed by atoms with Crippen LogP contribution in [0.25, 0.3) is 0 Å². The van der Waals surface area contributed by atoms with Gasteiger partial charge < -0.3 is 10.2 Å². The molecular weight excluding hydrogens is 220 g/mol. The van der Waals surface area contributed by atoms with Gasteiger partial charge in [-0.15, -0.1) is 0 Å². The number of aryl methyl sites for hydroxylation is 1. The zero-order valence-electron chi connectivity index (χ0n) is 11.9. The molecule has 2 heteroatoms. The third-order valence-electron chi connectivity index (χ3n) is 4.20. The lowest BCUT2D eigenvalue weighted by Crippen LogP contribution is -2.36. The lowest BCUT2D eigenvalue weighted by atomic mass is 9.85. The van der Waals surface area contributed by atoms with Crippen LogP contribution in [0.2, 0.25) is 0 Å². The Balaban J connectivity index is 1.93. The van der Waals surface area contributed by atoms with Crippen LogP contribution in [0.3, 0.4) is 0 Å². The summed E-state index contributed by atoms with van der Waals surface area (Å²) in [4.78, 5) is 2.48. The maximum atomic E-state index is 3.46. The first-order chi connectivity index (χ1) is 8.70. The fourth-order valence-electron chi connectivity index (χ4n) is 2.83. The quantitative estimate of drug-likeness (QED) is 0.830. The van der Waals surface area contributed by atoms with E-state index in [-0.39, 0.29) is 0 Å². The van der Waals surface area contributed by atoms with Crippen LogP contribution in [0.4, 0.5) is 0 Å². The summed E-state index contributed by atoms with van der Waals surface area (Å²) in [6.07, 6.45) is 4.30. The fraction of sp³-hybridized carbons (Fsp3) is 0.625. The first-order valence-electron chi connectivity index (χ1n) is 7.12. The number of nitrogens with zero attached hydrogens (tertiary/aromatic N) is 1. The van der Waals surface area contributed by atoms with Gasteiger partial charge in [0.25, 0.3) is 0 Å². The highest BCUT2D eigenvalue weighted by Gasteiger charge is 2.21. The molecule has 1 aliphatic carbocycles. The van der Waals surface area contributed by atoms with Crippen molar-refractivity contribution in [3.05, 3.63) is 35.4 Å². The summed E-state index contributed by atoms with van der Waals surface area (Å²) in [7, 11) is 4.31. The van der Waals surface area contributed by atoms with Crippen molar-refractivity contribution in [2.75, 3.05) is 27.2 Å². The van der Waals surface area contributed by atoms with Gasteiger partial charge in [0.1, 0.15) is 0 Å². The molecule has 0 aliphatic heterocycles. The highest BCUT2D eigenvalue weighted by Crippen LogP contribution is 2.27. The third kappa shape index (κ3) is 3.33. The summed E-state index contributed by atoms with van der Waals surface area (Å²) in [6.45, 7) is 4.55. The Morgan fingerprint density at radius 2 is 2.06 bits per heavy atom. The molecule has 0 heterocycles. The minimum atomic E-state index is 0.441. The Morgan fingerprint density at radius 1 is 1.33 bits per heavy atom. The Labute approximate surface area is 111 Å². The number of benzene rings is 1. The van der Waals surface area contributed by atoms with Gasteiger partial charge in [-0.05, 0) is 50.9 Å². The molecule has 1 saturated carbocycles. The van der Waals surface area contributed by atoms with E-state index in [1.54, 1.807) is 0 Å².